The Hall–Kier alpha value is -6.62. The summed E-state index contributed by atoms with van der Waals surface area (Å²) >= 11 is 0. The van der Waals surface area contributed by atoms with Crippen molar-refractivity contribution in [2.75, 3.05) is 38.7 Å². The van der Waals surface area contributed by atoms with E-state index in [9.17, 15) is 9.59 Å². The van der Waals surface area contributed by atoms with E-state index >= 15 is 0 Å². The number of carbonyl (C=O) groups is 2. The van der Waals surface area contributed by atoms with Crippen LogP contribution in [0.1, 0.15) is 20.7 Å². The molecule has 0 aliphatic carbocycles. The number of carbonyl (C=O) groups excluding carboxylic acids is 2. The van der Waals surface area contributed by atoms with Gasteiger partial charge in [-0.25, -0.2) is 14.9 Å². The molecule has 0 atom stereocenters. The maximum atomic E-state index is 13.4. The number of rotatable bonds is 10. The first-order valence-electron chi connectivity index (χ1n) is 15.2. The van der Waals surface area contributed by atoms with Crippen LogP contribution in [0, 0.1) is 0 Å². The third-order valence-electron chi connectivity index (χ3n) is 8.08. The van der Waals surface area contributed by atoms with Crippen molar-refractivity contribution in [2.24, 2.45) is 0 Å². The van der Waals surface area contributed by atoms with Gasteiger partial charge in [0.25, 0.3) is 11.8 Å². The van der Waals surface area contributed by atoms with Gasteiger partial charge in [-0.1, -0.05) is 12.1 Å². The molecule has 5 aromatic carbocycles. The molecule has 11 heteroatoms. The molecule has 0 bridgehead atoms. The van der Waals surface area contributed by atoms with Crippen LogP contribution < -0.4 is 33.9 Å². The maximum absolute atomic E-state index is 13.4. The number of hydrogen-bond acceptors (Lipinski definition) is 10. The van der Waals surface area contributed by atoms with Crippen molar-refractivity contribution in [1.29, 1.82) is 0 Å². The second-order valence-corrected chi connectivity index (χ2v) is 10.9. The summed E-state index contributed by atoms with van der Waals surface area (Å²) in [5.41, 5.74) is 3.24. The molecule has 2 heterocycles. The number of nitrogens with one attached hydrogen (secondary N) is 1. The van der Waals surface area contributed by atoms with Crippen molar-refractivity contribution in [2.45, 2.75) is 0 Å². The highest BCUT2D eigenvalue weighted by atomic mass is 16.5. The molecule has 0 fully saturated rings. The van der Waals surface area contributed by atoms with E-state index in [1.807, 2.05) is 54.6 Å². The van der Waals surface area contributed by atoms with Gasteiger partial charge in [-0.3, -0.25) is 9.59 Å². The average molecular weight is 655 g/mol. The van der Waals surface area contributed by atoms with Gasteiger partial charge in [-0.2, -0.15) is 0 Å². The Morgan fingerprint density at radius 3 is 1.98 bits per heavy atom. The quantitative estimate of drug-likeness (QED) is 0.147. The van der Waals surface area contributed by atoms with Crippen molar-refractivity contribution in [1.82, 2.24) is 9.97 Å². The Kier molecular flexibility index (Phi) is 8.15. The Balaban J connectivity index is 1.11. The number of aromatic nitrogens is 2. The van der Waals surface area contributed by atoms with Gasteiger partial charge < -0.3 is 29.0 Å². The van der Waals surface area contributed by atoms with E-state index in [0.29, 0.717) is 51.8 Å². The molecule has 11 nitrogen and oxygen atoms in total. The second kappa shape index (κ2) is 12.9. The van der Waals surface area contributed by atoms with Crippen molar-refractivity contribution in [3.63, 3.8) is 0 Å². The molecule has 1 aliphatic rings. The van der Waals surface area contributed by atoms with E-state index in [1.165, 1.54) is 14.2 Å². The van der Waals surface area contributed by atoms with E-state index in [0.717, 1.165) is 27.1 Å². The highest BCUT2D eigenvalue weighted by Crippen LogP contribution is 2.37. The number of anilines is 3. The number of fused-ring (bicyclic) bond motifs is 2. The van der Waals surface area contributed by atoms with Crippen LogP contribution in [-0.4, -0.2) is 50.2 Å². The number of para-hydroxylation sites is 1. The lowest BCUT2D eigenvalue weighted by Crippen LogP contribution is -2.29. The lowest BCUT2D eigenvalue weighted by Gasteiger charge is -2.16. The van der Waals surface area contributed by atoms with E-state index < -0.39 is 11.8 Å². The number of ether oxygens (including phenoxy) is 5. The normalized spacial score (nSPS) is 12.1. The van der Waals surface area contributed by atoms with Crippen LogP contribution in [0.25, 0.3) is 22.3 Å². The Bertz CT molecular complexity index is 2240. The van der Waals surface area contributed by atoms with Crippen molar-refractivity contribution >= 4 is 39.9 Å². The predicted molar refractivity (Wildman–Crippen MR) is 185 cm³/mol. The van der Waals surface area contributed by atoms with Gasteiger partial charge in [0, 0.05) is 22.7 Å². The summed E-state index contributed by atoms with van der Waals surface area (Å²) in [6.45, 7) is 0. The molecule has 0 unspecified atom stereocenters. The fraction of sp³-hybridized carbons (Fsp3) is 0.105. The van der Waals surface area contributed by atoms with Crippen LogP contribution >= 0.6 is 0 Å². The first-order chi connectivity index (χ1) is 23.9. The van der Waals surface area contributed by atoms with Gasteiger partial charge in [0.15, 0.2) is 28.8 Å². The first-order valence-corrected chi connectivity index (χ1v) is 15.2. The zero-order chi connectivity index (χ0) is 34.1. The van der Waals surface area contributed by atoms with Gasteiger partial charge in [0.05, 0.1) is 50.8 Å². The van der Waals surface area contributed by atoms with Crippen molar-refractivity contribution < 1.29 is 33.3 Å². The predicted octanol–water partition coefficient (Wildman–Crippen LogP) is 7.67. The molecule has 6 aromatic rings. The number of hydrogen-bond donors (Lipinski definition) is 1. The highest BCUT2D eigenvalue weighted by molar-refractivity contribution is 6.34. The number of methoxy groups -OCH3 is 4. The summed E-state index contributed by atoms with van der Waals surface area (Å²) < 4.78 is 27.6. The lowest BCUT2D eigenvalue weighted by atomic mass is 10.1. The Labute approximate surface area is 281 Å². The number of nitrogens with zero attached hydrogens (tertiary/aromatic N) is 3. The van der Waals surface area contributed by atoms with E-state index in [2.05, 4.69) is 5.32 Å². The van der Waals surface area contributed by atoms with E-state index in [1.54, 1.807) is 62.8 Å². The Morgan fingerprint density at radius 1 is 0.592 bits per heavy atom. The summed E-state index contributed by atoms with van der Waals surface area (Å²) in [5, 5.41) is 4.27. The van der Waals surface area contributed by atoms with Gasteiger partial charge in [-0.15, -0.1) is 0 Å². The molecule has 7 rings (SSSR count). The fourth-order valence-corrected chi connectivity index (χ4v) is 5.64. The maximum Gasteiger partial charge on any atom is 0.266 e. The van der Waals surface area contributed by atoms with Crippen LogP contribution in [0.3, 0.4) is 0 Å². The molecule has 244 valence electrons. The molecule has 1 N–H and O–H groups in total. The minimum Gasteiger partial charge on any atom is -0.493 e. The van der Waals surface area contributed by atoms with E-state index in [4.69, 9.17) is 33.7 Å². The molecule has 1 aliphatic heterocycles. The SMILES string of the molecule is COc1ccc(-c2nc(Nc3ccc(Oc4ccc5c(c4)C(=O)N(c4ccc(OC)c(OC)c4)C5=O)cc3)c3ccccc3n2)cc1OC. The lowest BCUT2D eigenvalue weighted by molar-refractivity contribution is 0.0926. The number of amides is 2. The summed E-state index contributed by atoms with van der Waals surface area (Å²) in [6.07, 6.45) is 0. The zero-order valence-corrected chi connectivity index (χ0v) is 27.0. The third kappa shape index (κ3) is 5.78. The number of imide groups is 1. The van der Waals surface area contributed by atoms with Crippen molar-refractivity contribution in [3.8, 4) is 45.9 Å². The highest BCUT2D eigenvalue weighted by Gasteiger charge is 2.37. The molecule has 0 saturated carbocycles. The van der Waals surface area contributed by atoms with Gasteiger partial charge in [0.1, 0.15) is 17.3 Å². The standard InChI is InChI=1S/C38H30N4O7/c1-45-31-17-9-22(19-33(31)47-3)35-40-30-8-6-5-7-28(30)36(41-35)39-23-10-13-25(14-11-23)49-26-15-16-27-29(21-26)38(44)42(37(27)43)24-12-18-32(46-2)34(20-24)48-4/h5-21H,1-4H3,(H,39,40,41). The van der Waals surface area contributed by atoms with Crippen LogP contribution in [0.15, 0.2) is 103 Å². The first kappa shape index (κ1) is 31.0. The number of benzene rings is 5. The zero-order valence-electron chi connectivity index (χ0n) is 27.0. The average Bonchev–Trinajstić information content (AvgIpc) is 3.39. The minimum atomic E-state index is -0.457. The van der Waals surface area contributed by atoms with Gasteiger partial charge in [-0.05, 0) is 84.9 Å². The molecule has 1 aromatic heterocycles. The third-order valence-corrected chi connectivity index (χ3v) is 8.08. The summed E-state index contributed by atoms with van der Waals surface area (Å²) in [5.74, 6) is 3.31. The molecule has 0 radical (unpaired) electrons. The minimum absolute atomic E-state index is 0.247. The van der Waals surface area contributed by atoms with Crippen LogP contribution in [0.2, 0.25) is 0 Å². The Morgan fingerprint density at radius 2 is 1.24 bits per heavy atom. The van der Waals surface area contributed by atoms with Crippen LogP contribution in [0.5, 0.6) is 34.5 Å². The largest absolute Gasteiger partial charge is 0.493 e. The monoisotopic (exact) mass is 654 g/mol. The van der Waals surface area contributed by atoms with Gasteiger partial charge in [0.2, 0.25) is 0 Å². The summed E-state index contributed by atoms with van der Waals surface area (Å²) in [7, 11) is 6.19. The molecule has 2 amide bonds. The molecule has 49 heavy (non-hydrogen) atoms. The van der Waals surface area contributed by atoms with E-state index in [-0.39, 0.29) is 11.1 Å². The summed E-state index contributed by atoms with van der Waals surface area (Å²) in [4.78, 5) is 37.4. The smallest absolute Gasteiger partial charge is 0.266 e. The molecule has 0 spiro atoms. The van der Waals surface area contributed by atoms with Crippen LogP contribution in [-0.2, 0) is 0 Å². The van der Waals surface area contributed by atoms with Crippen molar-refractivity contribution in [3.05, 3.63) is 114 Å². The van der Waals surface area contributed by atoms with Gasteiger partial charge >= 0.3 is 0 Å². The molecule has 0 saturated heterocycles. The summed E-state index contributed by atoms with van der Waals surface area (Å²) in [6, 6.07) is 30.4. The second-order valence-electron chi connectivity index (χ2n) is 10.9. The molecular weight excluding hydrogens is 624 g/mol. The molecular formula is C38H30N4O7. The topological polar surface area (TPSA) is 121 Å². The van der Waals surface area contributed by atoms with Crippen LogP contribution in [0.4, 0.5) is 17.2 Å². The fourth-order valence-electron chi connectivity index (χ4n) is 5.64.